The van der Waals surface area contributed by atoms with Gasteiger partial charge in [-0.2, -0.15) is 0 Å². The summed E-state index contributed by atoms with van der Waals surface area (Å²) in [7, 11) is 1.54. The first-order valence-corrected chi connectivity index (χ1v) is 9.80. The van der Waals surface area contributed by atoms with Gasteiger partial charge in [-0.1, -0.05) is 6.07 Å². The number of benzene rings is 1. The van der Waals surface area contributed by atoms with E-state index in [-0.39, 0.29) is 18.9 Å². The lowest BCUT2D eigenvalue weighted by Crippen LogP contribution is -2.42. The van der Waals surface area contributed by atoms with Crippen LogP contribution in [0.15, 0.2) is 45.4 Å². The number of aromatic nitrogens is 1. The van der Waals surface area contributed by atoms with E-state index in [9.17, 15) is 14.4 Å². The number of hydrogen-bond donors (Lipinski definition) is 2. The summed E-state index contributed by atoms with van der Waals surface area (Å²) in [5.74, 6) is 0.833. The Balaban J connectivity index is 1.62. The van der Waals surface area contributed by atoms with Gasteiger partial charge >= 0.3 is 6.03 Å². The monoisotopic (exact) mass is 472 g/mol. The number of urea groups is 1. The summed E-state index contributed by atoms with van der Waals surface area (Å²) in [6.07, 6.45) is 0.285. The molecule has 3 heterocycles. The molecule has 0 aliphatic carbocycles. The molecule has 0 bridgehead atoms. The van der Waals surface area contributed by atoms with Gasteiger partial charge in [0.1, 0.15) is 27.7 Å². The van der Waals surface area contributed by atoms with Gasteiger partial charge < -0.3 is 19.4 Å². The highest BCUT2D eigenvalue weighted by atomic mass is 79.9. The van der Waals surface area contributed by atoms with E-state index in [0.717, 1.165) is 5.56 Å². The van der Waals surface area contributed by atoms with Crippen molar-refractivity contribution in [3.8, 4) is 5.75 Å². The highest BCUT2D eigenvalue weighted by Gasteiger charge is 2.31. The molecule has 1 aromatic carbocycles. The van der Waals surface area contributed by atoms with Crippen molar-refractivity contribution in [1.29, 1.82) is 0 Å². The number of nitrogens with one attached hydrogen (secondary N) is 2. The molecule has 0 radical (unpaired) electrons. The number of methoxy groups -OCH3 is 1. The molecule has 9 nitrogen and oxygen atoms in total. The molecule has 0 saturated heterocycles. The molecular weight excluding hydrogens is 456 g/mol. The molecule has 4 amide bonds. The Bertz CT molecular complexity index is 1150. The number of hydrogen-bond acceptors (Lipinski definition) is 6. The van der Waals surface area contributed by atoms with Crippen LogP contribution in [0, 0.1) is 0 Å². The summed E-state index contributed by atoms with van der Waals surface area (Å²) in [5, 5.41) is 4.72. The third-order valence-corrected chi connectivity index (χ3v) is 5.24. The maximum absolute atomic E-state index is 12.9. The van der Waals surface area contributed by atoms with Crippen LogP contribution >= 0.6 is 15.9 Å². The number of rotatable bonds is 6. The Morgan fingerprint density at radius 1 is 1.37 bits per heavy atom. The number of imide groups is 1. The second-order valence-corrected chi connectivity index (χ2v) is 7.48. The smallest absolute Gasteiger partial charge is 0.321 e. The van der Waals surface area contributed by atoms with Crippen molar-refractivity contribution in [3.63, 3.8) is 0 Å². The van der Waals surface area contributed by atoms with Crippen molar-refractivity contribution in [2.45, 2.75) is 12.6 Å². The van der Waals surface area contributed by atoms with Crippen LogP contribution in [0.1, 0.15) is 27.7 Å². The minimum absolute atomic E-state index is 0.142. The van der Waals surface area contributed by atoms with Gasteiger partial charge in [0.25, 0.3) is 5.91 Å². The Morgan fingerprint density at radius 3 is 2.97 bits per heavy atom. The van der Waals surface area contributed by atoms with Crippen molar-refractivity contribution in [3.05, 3.63) is 57.9 Å². The normalized spacial score (nSPS) is 13.8. The topological polar surface area (TPSA) is 114 Å². The van der Waals surface area contributed by atoms with Crippen LogP contribution in [0.2, 0.25) is 0 Å². The lowest BCUT2D eigenvalue weighted by molar-refractivity contribution is -0.108. The maximum atomic E-state index is 12.9. The summed E-state index contributed by atoms with van der Waals surface area (Å²) in [5.41, 5.74) is 2.56. The molecule has 154 valence electrons. The van der Waals surface area contributed by atoms with Gasteiger partial charge in [-0.15, -0.1) is 0 Å². The Labute approximate surface area is 179 Å². The van der Waals surface area contributed by atoms with Crippen LogP contribution in [0.5, 0.6) is 5.75 Å². The number of ether oxygens (including phenoxy) is 1. The third-order valence-electron chi connectivity index (χ3n) is 4.80. The SMILES string of the molecule is COc1ccc2c(c1)C(=O)N(C[C@H](NC(=O)NC=O)c1cc3nc(Br)ccc3o1)C2. The molecule has 0 unspecified atom stereocenters. The predicted molar refractivity (Wildman–Crippen MR) is 110 cm³/mol. The molecule has 1 aliphatic rings. The summed E-state index contributed by atoms with van der Waals surface area (Å²) in [4.78, 5) is 41.5. The van der Waals surface area contributed by atoms with E-state index in [1.54, 1.807) is 42.3 Å². The van der Waals surface area contributed by atoms with Gasteiger partial charge in [-0.05, 0) is 45.8 Å². The minimum atomic E-state index is -0.699. The number of nitrogens with zero attached hydrogens (tertiary/aromatic N) is 2. The molecular formula is C20H17BrN4O5. The number of halogens is 1. The molecule has 10 heteroatoms. The van der Waals surface area contributed by atoms with E-state index in [2.05, 4.69) is 26.2 Å². The van der Waals surface area contributed by atoms with Crippen LogP contribution in [-0.4, -0.2) is 41.9 Å². The number of furan rings is 1. The number of amides is 4. The van der Waals surface area contributed by atoms with E-state index in [1.807, 2.05) is 11.4 Å². The number of pyridine rings is 1. The molecule has 2 N–H and O–H groups in total. The maximum Gasteiger partial charge on any atom is 0.321 e. The van der Waals surface area contributed by atoms with Crippen molar-refractivity contribution in [1.82, 2.24) is 20.5 Å². The quantitative estimate of drug-likeness (QED) is 0.421. The van der Waals surface area contributed by atoms with E-state index < -0.39 is 12.1 Å². The summed E-state index contributed by atoms with van der Waals surface area (Å²) in [6.45, 7) is 0.527. The summed E-state index contributed by atoms with van der Waals surface area (Å²) >= 11 is 3.31. The Hall–Kier alpha value is -3.40. The van der Waals surface area contributed by atoms with Gasteiger partial charge in [0.15, 0.2) is 5.58 Å². The molecule has 30 heavy (non-hydrogen) atoms. The standard InChI is InChI=1S/C20H17BrN4O5/c1-29-12-3-2-11-8-25(19(27)13(11)6-12)9-15(24-20(28)22-10-26)17-7-14-16(30-17)4-5-18(21)23-14/h2-7,10,15H,8-9H2,1H3,(H2,22,24,26,28)/t15-/m0/s1. The van der Waals surface area contributed by atoms with Gasteiger partial charge in [0, 0.05) is 24.7 Å². The van der Waals surface area contributed by atoms with Crippen LogP contribution in [-0.2, 0) is 11.3 Å². The number of fused-ring (bicyclic) bond motifs is 2. The lowest BCUT2D eigenvalue weighted by Gasteiger charge is -2.23. The van der Waals surface area contributed by atoms with E-state index in [4.69, 9.17) is 9.15 Å². The van der Waals surface area contributed by atoms with Crippen LogP contribution in [0.3, 0.4) is 0 Å². The van der Waals surface area contributed by atoms with Crippen molar-refractivity contribution < 1.29 is 23.5 Å². The van der Waals surface area contributed by atoms with Gasteiger partial charge in [-0.3, -0.25) is 14.9 Å². The largest absolute Gasteiger partial charge is 0.497 e. The third kappa shape index (κ3) is 3.86. The molecule has 3 aromatic rings. The van der Waals surface area contributed by atoms with Crippen LogP contribution < -0.4 is 15.4 Å². The average Bonchev–Trinajstić information content (AvgIpc) is 3.28. The zero-order chi connectivity index (χ0) is 21.3. The molecule has 0 fully saturated rings. The van der Waals surface area contributed by atoms with Gasteiger partial charge in [0.2, 0.25) is 6.41 Å². The Kier molecular flexibility index (Phi) is 5.40. The van der Waals surface area contributed by atoms with Crippen LogP contribution in [0.4, 0.5) is 4.79 Å². The molecule has 4 rings (SSSR count). The molecule has 1 aliphatic heterocycles. The van der Waals surface area contributed by atoms with Gasteiger partial charge in [0.05, 0.1) is 7.11 Å². The average molecular weight is 473 g/mol. The minimum Gasteiger partial charge on any atom is -0.497 e. The van der Waals surface area contributed by atoms with Crippen molar-refractivity contribution in [2.75, 3.05) is 13.7 Å². The zero-order valence-corrected chi connectivity index (χ0v) is 17.4. The van der Waals surface area contributed by atoms with Crippen LogP contribution in [0.25, 0.3) is 11.1 Å². The molecule has 2 aromatic heterocycles. The molecule has 0 saturated carbocycles. The lowest BCUT2D eigenvalue weighted by atomic mass is 10.1. The van der Waals surface area contributed by atoms with E-state index in [0.29, 0.717) is 39.3 Å². The van der Waals surface area contributed by atoms with Crippen molar-refractivity contribution >= 4 is 45.4 Å². The number of carbonyl (C=O) groups excluding carboxylic acids is 3. The van der Waals surface area contributed by atoms with Gasteiger partial charge in [-0.25, -0.2) is 9.78 Å². The van der Waals surface area contributed by atoms with Crippen molar-refractivity contribution in [2.24, 2.45) is 0 Å². The zero-order valence-electron chi connectivity index (χ0n) is 15.8. The highest BCUT2D eigenvalue weighted by Crippen LogP contribution is 2.30. The second-order valence-electron chi connectivity index (χ2n) is 6.66. The summed E-state index contributed by atoms with van der Waals surface area (Å²) < 4.78 is 11.7. The fourth-order valence-electron chi connectivity index (χ4n) is 3.39. The fourth-order valence-corrected chi connectivity index (χ4v) is 3.71. The first-order chi connectivity index (χ1) is 14.5. The molecule has 0 spiro atoms. The molecule has 1 atom stereocenters. The first-order valence-electron chi connectivity index (χ1n) is 9.01. The predicted octanol–water partition coefficient (Wildman–Crippen LogP) is 2.75. The summed E-state index contributed by atoms with van der Waals surface area (Å²) in [6, 6.07) is 9.13. The number of carbonyl (C=O) groups is 3. The van der Waals surface area contributed by atoms with E-state index in [1.165, 1.54) is 0 Å². The first kappa shape index (κ1) is 19.9. The Morgan fingerprint density at radius 2 is 2.20 bits per heavy atom. The van der Waals surface area contributed by atoms with E-state index >= 15 is 0 Å². The second kappa shape index (κ2) is 8.15. The highest BCUT2D eigenvalue weighted by molar-refractivity contribution is 9.10. The fraction of sp³-hybridized carbons (Fsp3) is 0.200.